The topological polar surface area (TPSA) is 120 Å². The molecule has 0 saturated heterocycles. The van der Waals surface area contributed by atoms with E-state index >= 15 is 0 Å². The fourth-order valence-corrected chi connectivity index (χ4v) is 0. The molecule has 0 N–H and O–H groups in total. The Labute approximate surface area is 167 Å². The predicted molar refractivity (Wildman–Crippen MR) is 73.4 cm³/mol. The van der Waals surface area contributed by atoms with E-state index in [2.05, 4.69) is 0 Å². The van der Waals surface area contributed by atoms with Crippen molar-refractivity contribution >= 4 is 17.9 Å². The molecule has 22 heavy (non-hydrogen) atoms. The molecule has 0 aromatic rings. The maximum atomic E-state index is 9.91. The summed E-state index contributed by atoms with van der Waals surface area (Å²) in [5, 5.41) is 29.7. The molecule has 6 nitrogen and oxygen atoms in total. The summed E-state index contributed by atoms with van der Waals surface area (Å²) in [5.41, 5.74) is -2.08. The fourth-order valence-electron chi connectivity index (χ4n) is 0. The molecular formula is C15H27CeO6. The minimum Gasteiger partial charge on any atom is -0.550 e. The summed E-state index contributed by atoms with van der Waals surface area (Å²) in [6.07, 6.45) is 0. The van der Waals surface area contributed by atoms with Crippen LogP contribution in [0.25, 0.3) is 0 Å². The summed E-state index contributed by atoms with van der Waals surface area (Å²) in [6, 6.07) is 0. The summed E-state index contributed by atoms with van der Waals surface area (Å²) >= 11 is 0. The Bertz CT molecular complexity index is 299. The number of hydrogen-bond donors (Lipinski definition) is 0. The van der Waals surface area contributed by atoms with Gasteiger partial charge in [-0.25, -0.2) is 0 Å². The minimum absolute atomic E-state index is 0. The largest absolute Gasteiger partial charge is 3.00 e. The van der Waals surface area contributed by atoms with E-state index in [0.29, 0.717) is 0 Å². The molecule has 127 valence electrons. The van der Waals surface area contributed by atoms with Crippen LogP contribution in [0.4, 0.5) is 0 Å². The van der Waals surface area contributed by atoms with Crippen molar-refractivity contribution in [1.29, 1.82) is 0 Å². The molecule has 0 aliphatic heterocycles. The van der Waals surface area contributed by atoms with Gasteiger partial charge in [-0.2, -0.15) is 0 Å². The number of carboxylic acid groups (broad SMARTS) is 3. The van der Waals surface area contributed by atoms with E-state index in [4.69, 9.17) is 0 Å². The first kappa shape index (κ1) is 29.8. The quantitative estimate of drug-likeness (QED) is 0.491. The molecule has 0 aromatic carbocycles. The van der Waals surface area contributed by atoms with Crippen molar-refractivity contribution in [3.8, 4) is 0 Å². The summed E-state index contributed by atoms with van der Waals surface area (Å²) in [7, 11) is 0. The molecule has 0 atom stereocenters. The van der Waals surface area contributed by atoms with E-state index in [-0.39, 0.29) is 41.7 Å². The van der Waals surface area contributed by atoms with Gasteiger partial charge in [0.2, 0.25) is 0 Å². The third kappa shape index (κ3) is 22.1. The monoisotopic (exact) mass is 443 g/mol. The first-order valence-electron chi connectivity index (χ1n) is 6.47. The average Bonchev–Trinajstić information content (AvgIpc) is 2.14. The standard InChI is InChI=1S/3C5H10O2.Ce/c3*1-5(2,3)4(6)7;/h3*1-3H3,(H,6,7);/q;;;+3/p-3. The Kier molecular flexibility index (Phi) is 15.3. The van der Waals surface area contributed by atoms with Crippen molar-refractivity contribution in [2.75, 3.05) is 0 Å². The third-order valence-corrected chi connectivity index (χ3v) is 1.84. The molecule has 0 aliphatic rings. The molecule has 0 aromatic heterocycles. The van der Waals surface area contributed by atoms with Gasteiger partial charge < -0.3 is 29.7 Å². The van der Waals surface area contributed by atoms with Gasteiger partial charge in [0.1, 0.15) is 0 Å². The number of hydrogen-bond acceptors (Lipinski definition) is 6. The zero-order valence-electron chi connectivity index (χ0n) is 14.9. The van der Waals surface area contributed by atoms with Gasteiger partial charge in [-0.05, 0) is 0 Å². The fraction of sp³-hybridized carbons (Fsp3) is 0.800. The molecule has 0 amide bonds. The second kappa shape index (κ2) is 11.3. The molecule has 0 aliphatic carbocycles. The van der Waals surface area contributed by atoms with E-state index in [1.807, 2.05) is 0 Å². The van der Waals surface area contributed by atoms with Crippen molar-refractivity contribution in [3.05, 3.63) is 0 Å². The Balaban J connectivity index is -0.000000108. The van der Waals surface area contributed by atoms with Crippen LogP contribution < -0.4 is 15.3 Å². The molecule has 0 heterocycles. The minimum atomic E-state index is -1.01. The molecule has 0 saturated carbocycles. The van der Waals surface area contributed by atoms with Crippen LogP contribution >= 0.6 is 0 Å². The van der Waals surface area contributed by atoms with Gasteiger partial charge in [-0.1, -0.05) is 62.3 Å². The first-order chi connectivity index (χ1) is 8.83. The molecule has 0 spiro atoms. The average molecular weight is 443 g/mol. The van der Waals surface area contributed by atoms with Crippen LogP contribution in [-0.4, -0.2) is 17.9 Å². The molecule has 0 fully saturated rings. The van der Waals surface area contributed by atoms with Crippen LogP contribution in [0.2, 0.25) is 0 Å². The van der Waals surface area contributed by atoms with E-state index in [1.165, 1.54) is 0 Å². The number of carbonyl (C=O) groups excluding carboxylic acids is 3. The van der Waals surface area contributed by atoms with Gasteiger partial charge in [0.15, 0.2) is 0 Å². The zero-order chi connectivity index (χ0) is 18.2. The maximum absolute atomic E-state index is 9.91. The van der Waals surface area contributed by atoms with Crippen molar-refractivity contribution < 1.29 is 71.5 Å². The van der Waals surface area contributed by atoms with Crippen LogP contribution in [0.15, 0.2) is 0 Å². The molecule has 0 bridgehead atoms. The van der Waals surface area contributed by atoms with Gasteiger partial charge in [0, 0.05) is 34.2 Å². The Morgan fingerprint density at radius 3 is 0.545 bits per heavy atom. The van der Waals surface area contributed by atoms with E-state index in [9.17, 15) is 29.7 Å². The summed E-state index contributed by atoms with van der Waals surface area (Å²) in [5.74, 6) is -3.02. The second-order valence-electron chi connectivity index (χ2n) is 7.61. The number of aliphatic carboxylic acids is 3. The van der Waals surface area contributed by atoms with Crippen LogP contribution in [0.1, 0.15) is 62.3 Å². The number of carboxylic acids is 3. The molecule has 1 radical (unpaired) electrons. The Morgan fingerprint density at radius 2 is 0.545 bits per heavy atom. The Hall–Kier alpha value is -0.213. The van der Waals surface area contributed by atoms with Gasteiger partial charge >= 0.3 is 41.7 Å². The van der Waals surface area contributed by atoms with Gasteiger partial charge in [0.25, 0.3) is 0 Å². The van der Waals surface area contributed by atoms with Crippen LogP contribution in [0.3, 0.4) is 0 Å². The van der Waals surface area contributed by atoms with E-state index < -0.39 is 34.2 Å². The molecule has 0 unspecified atom stereocenters. The van der Waals surface area contributed by atoms with Crippen molar-refractivity contribution in [3.63, 3.8) is 0 Å². The molecule has 7 heteroatoms. The number of rotatable bonds is 0. The summed E-state index contributed by atoms with van der Waals surface area (Å²) in [6.45, 7) is 14.4. The van der Waals surface area contributed by atoms with Gasteiger partial charge in [0.05, 0.1) is 0 Å². The van der Waals surface area contributed by atoms with Crippen molar-refractivity contribution in [2.24, 2.45) is 16.2 Å². The van der Waals surface area contributed by atoms with Crippen LogP contribution in [-0.2, 0) is 14.4 Å². The maximum Gasteiger partial charge on any atom is 3.00 e. The predicted octanol–water partition coefficient (Wildman–Crippen LogP) is -0.653. The third-order valence-electron chi connectivity index (χ3n) is 1.84. The summed E-state index contributed by atoms with van der Waals surface area (Å²) in [4.78, 5) is 29.7. The van der Waals surface area contributed by atoms with Crippen molar-refractivity contribution in [2.45, 2.75) is 62.3 Å². The van der Waals surface area contributed by atoms with Crippen LogP contribution in [0, 0.1) is 58.0 Å². The molecule has 0 rings (SSSR count). The molecular weight excluding hydrogens is 416 g/mol. The van der Waals surface area contributed by atoms with Crippen molar-refractivity contribution in [1.82, 2.24) is 0 Å². The summed E-state index contributed by atoms with van der Waals surface area (Å²) < 4.78 is 0. The van der Waals surface area contributed by atoms with E-state index in [1.54, 1.807) is 62.3 Å². The Morgan fingerprint density at radius 1 is 0.500 bits per heavy atom. The van der Waals surface area contributed by atoms with E-state index in [0.717, 1.165) is 0 Å². The normalized spacial score (nSPS) is 10.8. The second-order valence-corrected chi connectivity index (χ2v) is 7.61. The first-order valence-corrected chi connectivity index (χ1v) is 6.47. The smallest absolute Gasteiger partial charge is 0.550 e. The zero-order valence-corrected chi connectivity index (χ0v) is 18.1. The number of carbonyl (C=O) groups is 3. The van der Waals surface area contributed by atoms with Gasteiger partial charge in [-0.15, -0.1) is 0 Å². The van der Waals surface area contributed by atoms with Crippen LogP contribution in [0.5, 0.6) is 0 Å². The van der Waals surface area contributed by atoms with Gasteiger partial charge in [-0.3, -0.25) is 0 Å². The SMILES string of the molecule is CC(C)(C)C(=O)[O-].CC(C)(C)C(=O)[O-].CC(C)(C)C(=O)[O-].[Ce+3].